The van der Waals surface area contributed by atoms with E-state index in [1.54, 1.807) is 12.4 Å². The lowest BCUT2D eigenvalue weighted by Gasteiger charge is -2.20. The molecule has 166 valence electrons. The molecule has 1 saturated carbocycles. The zero-order chi connectivity index (χ0) is 22.5. The van der Waals surface area contributed by atoms with Crippen LogP contribution >= 0.6 is 0 Å². The number of aromatic nitrogens is 6. The van der Waals surface area contributed by atoms with Crippen LogP contribution in [0.15, 0.2) is 49.1 Å². The van der Waals surface area contributed by atoms with Crippen molar-refractivity contribution in [2.24, 2.45) is 0 Å². The van der Waals surface area contributed by atoms with E-state index in [4.69, 9.17) is 4.98 Å². The average molecular weight is 440 g/mol. The molecule has 2 aliphatic rings. The number of anilines is 1. The molecule has 4 aromatic rings. The topological polar surface area (TPSA) is 90.5 Å². The Morgan fingerprint density at radius 1 is 1.12 bits per heavy atom. The zero-order valence-electron chi connectivity index (χ0n) is 18.7. The Bertz CT molecular complexity index is 1360. The predicted octanol–water partition coefficient (Wildman–Crippen LogP) is 4.34. The molecule has 1 aliphatic heterocycles. The summed E-state index contributed by atoms with van der Waals surface area (Å²) < 4.78 is 4.12. The number of pyridine rings is 1. The van der Waals surface area contributed by atoms with Crippen LogP contribution in [0.1, 0.15) is 66.0 Å². The number of benzene rings is 1. The number of carbonyl (C=O) groups excluding carboxylic acids is 1. The van der Waals surface area contributed by atoms with E-state index in [-0.39, 0.29) is 11.9 Å². The lowest BCUT2D eigenvalue weighted by molar-refractivity contribution is 0.102. The van der Waals surface area contributed by atoms with Crippen LogP contribution in [0.3, 0.4) is 0 Å². The van der Waals surface area contributed by atoms with Crippen molar-refractivity contribution < 1.29 is 4.79 Å². The van der Waals surface area contributed by atoms with E-state index < -0.39 is 0 Å². The third-order valence-corrected chi connectivity index (χ3v) is 6.45. The van der Waals surface area contributed by atoms with Gasteiger partial charge in [0.2, 0.25) is 0 Å². The summed E-state index contributed by atoms with van der Waals surface area (Å²) in [6, 6.07) is 11.6. The van der Waals surface area contributed by atoms with Crippen LogP contribution in [0.4, 0.5) is 5.82 Å². The Kier molecular flexibility index (Phi) is 4.60. The molecule has 1 N–H and O–H groups in total. The smallest absolute Gasteiger partial charge is 0.256 e. The van der Waals surface area contributed by atoms with Crippen LogP contribution in [-0.4, -0.2) is 35.2 Å². The summed E-state index contributed by atoms with van der Waals surface area (Å²) in [7, 11) is 0. The van der Waals surface area contributed by atoms with Gasteiger partial charge in [-0.3, -0.25) is 4.79 Å². The lowest BCUT2D eigenvalue weighted by Crippen LogP contribution is -2.17. The van der Waals surface area contributed by atoms with Crippen molar-refractivity contribution in [2.75, 3.05) is 5.32 Å². The summed E-state index contributed by atoms with van der Waals surface area (Å²) in [6.45, 7) is 4.13. The fourth-order valence-corrected chi connectivity index (χ4v) is 4.56. The lowest BCUT2D eigenvalue weighted by atomic mass is 9.98. The van der Waals surface area contributed by atoms with Gasteiger partial charge in [-0.15, -0.1) is 10.2 Å². The SMILES string of the molecule is CC(C)n1cnnc1-c1cccc(NC(=O)c2ccc3c(c2)-n2cnc(C4CC4)c2CC3)n1. The highest BCUT2D eigenvalue weighted by Gasteiger charge is 2.31. The Morgan fingerprint density at radius 3 is 2.82 bits per heavy atom. The van der Waals surface area contributed by atoms with Crippen LogP contribution in [-0.2, 0) is 12.8 Å². The molecule has 1 fully saturated rings. The quantitative estimate of drug-likeness (QED) is 0.500. The van der Waals surface area contributed by atoms with Gasteiger partial charge in [-0.1, -0.05) is 12.1 Å². The first-order valence-corrected chi connectivity index (χ1v) is 11.5. The van der Waals surface area contributed by atoms with Gasteiger partial charge < -0.3 is 14.5 Å². The minimum Gasteiger partial charge on any atom is -0.310 e. The minimum absolute atomic E-state index is 0.192. The summed E-state index contributed by atoms with van der Waals surface area (Å²) in [4.78, 5) is 22.4. The van der Waals surface area contributed by atoms with Crippen LogP contribution in [0.5, 0.6) is 0 Å². The highest BCUT2D eigenvalue weighted by Crippen LogP contribution is 2.42. The van der Waals surface area contributed by atoms with Gasteiger partial charge in [0.25, 0.3) is 5.91 Å². The van der Waals surface area contributed by atoms with Gasteiger partial charge in [0, 0.05) is 23.2 Å². The third kappa shape index (κ3) is 3.51. The molecule has 0 spiro atoms. The molecule has 33 heavy (non-hydrogen) atoms. The summed E-state index contributed by atoms with van der Waals surface area (Å²) in [5.74, 6) is 1.58. The number of amides is 1. The Balaban J connectivity index is 1.27. The molecule has 8 heteroatoms. The average Bonchev–Trinajstić information content (AvgIpc) is 3.37. The number of fused-ring (bicyclic) bond motifs is 3. The number of hydrogen-bond acceptors (Lipinski definition) is 5. The normalized spacial score (nSPS) is 14.8. The van der Waals surface area contributed by atoms with Gasteiger partial charge in [-0.25, -0.2) is 9.97 Å². The van der Waals surface area contributed by atoms with Crippen molar-refractivity contribution in [1.29, 1.82) is 0 Å². The van der Waals surface area contributed by atoms with E-state index in [1.165, 1.54) is 29.8 Å². The molecule has 8 nitrogen and oxygen atoms in total. The van der Waals surface area contributed by atoms with Crippen molar-refractivity contribution >= 4 is 11.7 Å². The summed E-state index contributed by atoms with van der Waals surface area (Å²) in [5, 5.41) is 11.2. The molecule has 4 heterocycles. The first-order valence-electron chi connectivity index (χ1n) is 11.5. The molecule has 1 aliphatic carbocycles. The van der Waals surface area contributed by atoms with Crippen molar-refractivity contribution in [3.05, 3.63) is 71.6 Å². The zero-order valence-corrected chi connectivity index (χ0v) is 18.7. The molecule has 3 aromatic heterocycles. The molecule has 0 radical (unpaired) electrons. The van der Waals surface area contributed by atoms with Gasteiger partial charge in [0.1, 0.15) is 17.8 Å². The fraction of sp³-hybridized carbons (Fsp3) is 0.320. The van der Waals surface area contributed by atoms with Crippen molar-refractivity contribution in [2.45, 2.75) is 51.5 Å². The van der Waals surface area contributed by atoms with E-state index >= 15 is 0 Å². The van der Waals surface area contributed by atoms with E-state index in [1.807, 2.05) is 35.2 Å². The largest absolute Gasteiger partial charge is 0.310 e. The van der Waals surface area contributed by atoms with Gasteiger partial charge in [0.05, 0.1) is 17.7 Å². The number of carbonyl (C=O) groups is 1. The molecular weight excluding hydrogens is 414 g/mol. The molecule has 0 saturated heterocycles. The number of nitrogens with zero attached hydrogens (tertiary/aromatic N) is 6. The maximum absolute atomic E-state index is 13.1. The Labute approximate surface area is 191 Å². The summed E-state index contributed by atoms with van der Waals surface area (Å²) >= 11 is 0. The monoisotopic (exact) mass is 439 g/mol. The molecule has 1 aromatic carbocycles. The first kappa shape index (κ1) is 19.8. The second-order valence-corrected chi connectivity index (χ2v) is 9.08. The van der Waals surface area contributed by atoms with Crippen LogP contribution in [0, 0.1) is 0 Å². The molecule has 0 bridgehead atoms. The van der Waals surface area contributed by atoms with Crippen LogP contribution in [0.25, 0.3) is 17.2 Å². The Hall–Kier alpha value is -3.81. The highest BCUT2D eigenvalue weighted by atomic mass is 16.1. The van der Waals surface area contributed by atoms with Crippen LogP contribution in [0.2, 0.25) is 0 Å². The van der Waals surface area contributed by atoms with Gasteiger partial charge in [-0.05, 0) is 69.4 Å². The molecule has 0 unspecified atom stereocenters. The minimum atomic E-state index is -0.192. The maximum Gasteiger partial charge on any atom is 0.256 e. The number of rotatable bonds is 5. The number of nitrogens with one attached hydrogen (secondary N) is 1. The number of aryl methyl sites for hydroxylation is 1. The maximum atomic E-state index is 13.1. The van der Waals surface area contributed by atoms with Crippen LogP contribution < -0.4 is 5.32 Å². The van der Waals surface area contributed by atoms with E-state index in [2.05, 4.69) is 45.0 Å². The molecule has 1 amide bonds. The first-order chi connectivity index (χ1) is 16.1. The third-order valence-electron chi connectivity index (χ3n) is 6.45. The molecular formula is C25H25N7O. The second kappa shape index (κ2) is 7.65. The Morgan fingerprint density at radius 2 is 2.00 bits per heavy atom. The van der Waals surface area contributed by atoms with Crippen molar-refractivity contribution in [3.63, 3.8) is 0 Å². The van der Waals surface area contributed by atoms with Crippen molar-refractivity contribution in [3.8, 4) is 17.2 Å². The highest BCUT2D eigenvalue weighted by molar-refractivity contribution is 6.04. The summed E-state index contributed by atoms with van der Waals surface area (Å²) in [5.41, 5.74) is 6.10. The predicted molar refractivity (Wildman–Crippen MR) is 125 cm³/mol. The van der Waals surface area contributed by atoms with Gasteiger partial charge in [-0.2, -0.15) is 0 Å². The fourth-order valence-electron chi connectivity index (χ4n) is 4.56. The van der Waals surface area contributed by atoms with E-state index in [0.717, 1.165) is 18.5 Å². The van der Waals surface area contributed by atoms with E-state index in [9.17, 15) is 4.79 Å². The van der Waals surface area contributed by atoms with E-state index in [0.29, 0.717) is 28.8 Å². The van der Waals surface area contributed by atoms with Gasteiger partial charge >= 0.3 is 0 Å². The molecule has 6 rings (SSSR count). The second-order valence-electron chi connectivity index (χ2n) is 9.08. The van der Waals surface area contributed by atoms with Gasteiger partial charge in [0.15, 0.2) is 5.82 Å². The number of hydrogen-bond donors (Lipinski definition) is 1. The summed E-state index contributed by atoms with van der Waals surface area (Å²) in [6.07, 6.45) is 8.06. The standard InChI is InChI=1S/C25H25N7O/c1-15(2)31-14-27-30-24(31)19-4-3-5-22(28-19)29-25(33)18-9-6-16-10-11-20-23(17-7-8-17)26-13-32(20)21(16)12-18/h3-6,9,12-15,17H,7-8,10-11H2,1-2H3,(H,28,29,33). The number of imidazole rings is 1. The molecule has 0 atom stereocenters. The van der Waals surface area contributed by atoms with Crippen molar-refractivity contribution in [1.82, 2.24) is 29.3 Å².